The van der Waals surface area contributed by atoms with Crippen LogP contribution in [0.1, 0.15) is 51.9 Å². The Morgan fingerprint density at radius 2 is 1.85 bits per heavy atom. The summed E-state index contributed by atoms with van der Waals surface area (Å²) >= 11 is 0. The summed E-state index contributed by atoms with van der Waals surface area (Å²) in [6.07, 6.45) is 10.2. The minimum absolute atomic E-state index is 0.848. The Balaban J connectivity index is 1.64. The summed E-state index contributed by atoms with van der Waals surface area (Å²) in [7, 11) is 0. The zero-order valence-corrected chi connectivity index (χ0v) is 8.89. The van der Waals surface area contributed by atoms with Crippen molar-refractivity contribution in [2.45, 2.75) is 57.9 Å². The fourth-order valence-electron chi connectivity index (χ4n) is 2.68. The van der Waals surface area contributed by atoms with Crippen LogP contribution in [-0.2, 0) is 0 Å². The van der Waals surface area contributed by atoms with E-state index in [0.717, 1.165) is 17.9 Å². The first-order valence-corrected chi connectivity index (χ1v) is 6.13. The van der Waals surface area contributed by atoms with Crippen LogP contribution in [0.4, 0.5) is 0 Å². The topological polar surface area (TPSA) is 12.0 Å². The second-order valence-electron chi connectivity index (χ2n) is 4.91. The molecular formula is C12H23N. The van der Waals surface area contributed by atoms with E-state index in [-0.39, 0.29) is 0 Å². The fourth-order valence-corrected chi connectivity index (χ4v) is 2.68. The minimum atomic E-state index is 0.848. The summed E-state index contributed by atoms with van der Waals surface area (Å²) < 4.78 is 0. The molecule has 2 fully saturated rings. The SMILES string of the molecule is CCC(NCC1CCCC1)C1CC1. The maximum absolute atomic E-state index is 3.77. The molecule has 0 aromatic heterocycles. The number of hydrogen-bond acceptors (Lipinski definition) is 1. The molecule has 13 heavy (non-hydrogen) atoms. The maximum atomic E-state index is 3.77. The maximum Gasteiger partial charge on any atom is 0.00928 e. The Labute approximate surface area is 82.3 Å². The molecule has 0 bridgehead atoms. The van der Waals surface area contributed by atoms with Gasteiger partial charge >= 0.3 is 0 Å². The predicted octanol–water partition coefficient (Wildman–Crippen LogP) is 2.95. The van der Waals surface area contributed by atoms with Crippen LogP contribution in [-0.4, -0.2) is 12.6 Å². The van der Waals surface area contributed by atoms with Crippen LogP contribution in [0.25, 0.3) is 0 Å². The van der Waals surface area contributed by atoms with Crippen molar-refractivity contribution >= 4 is 0 Å². The molecule has 0 heterocycles. The molecule has 0 aliphatic heterocycles. The number of nitrogens with one attached hydrogen (secondary N) is 1. The van der Waals surface area contributed by atoms with Gasteiger partial charge in [-0.3, -0.25) is 0 Å². The average Bonchev–Trinajstić information content (AvgIpc) is 2.84. The highest BCUT2D eigenvalue weighted by Gasteiger charge is 2.30. The lowest BCUT2D eigenvalue weighted by Gasteiger charge is -2.18. The molecule has 2 rings (SSSR count). The second-order valence-corrected chi connectivity index (χ2v) is 4.91. The molecule has 1 heteroatoms. The Hall–Kier alpha value is -0.0400. The molecule has 0 amide bonds. The highest BCUT2D eigenvalue weighted by Crippen LogP contribution is 2.34. The van der Waals surface area contributed by atoms with Gasteiger partial charge in [-0.15, -0.1) is 0 Å². The van der Waals surface area contributed by atoms with Crippen LogP contribution < -0.4 is 5.32 Å². The lowest BCUT2D eigenvalue weighted by molar-refractivity contribution is 0.395. The van der Waals surface area contributed by atoms with E-state index in [1.165, 1.54) is 51.5 Å². The van der Waals surface area contributed by atoms with Crippen LogP contribution >= 0.6 is 0 Å². The van der Waals surface area contributed by atoms with E-state index in [0.29, 0.717) is 0 Å². The second kappa shape index (κ2) is 4.45. The molecule has 76 valence electrons. The van der Waals surface area contributed by atoms with Crippen molar-refractivity contribution < 1.29 is 0 Å². The first-order valence-electron chi connectivity index (χ1n) is 6.13. The van der Waals surface area contributed by atoms with Crippen LogP contribution in [0.3, 0.4) is 0 Å². The van der Waals surface area contributed by atoms with E-state index in [9.17, 15) is 0 Å². The zero-order chi connectivity index (χ0) is 9.10. The number of rotatable bonds is 5. The zero-order valence-electron chi connectivity index (χ0n) is 8.89. The molecule has 1 atom stereocenters. The lowest BCUT2D eigenvalue weighted by Crippen LogP contribution is -2.33. The normalized spacial score (nSPS) is 26.5. The van der Waals surface area contributed by atoms with Crippen molar-refractivity contribution in [3.8, 4) is 0 Å². The van der Waals surface area contributed by atoms with Crippen molar-refractivity contribution in [2.75, 3.05) is 6.54 Å². The summed E-state index contributed by atoms with van der Waals surface area (Å²) in [5.74, 6) is 2.04. The molecule has 0 saturated heterocycles. The molecule has 1 nitrogen and oxygen atoms in total. The van der Waals surface area contributed by atoms with Gasteiger partial charge < -0.3 is 5.32 Å². The van der Waals surface area contributed by atoms with E-state index < -0.39 is 0 Å². The van der Waals surface area contributed by atoms with Gasteiger partial charge in [0, 0.05) is 6.04 Å². The summed E-state index contributed by atoms with van der Waals surface area (Å²) in [6, 6.07) is 0.848. The first kappa shape index (κ1) is 9.51. The van der Waals surface area contributed by atoms with E-state index >= 15 is 0 Å². The monoisotopic (exact) mass is 181 g/mol. The van der Waals surface area contributed by atoms with Crippen molar-refractivity contribution in [1.82, 2.24) is 5.32 Å². The van der Waals surface area contributed by atoms with Crippen LogP contribution in [0.5, 0.6) is 0 Å². The largest absolute Gasteiger partial charge is 0.313 e. The number of hydrogen-bond donors (Lipinski definition) is 1. The van der Waals surface area contributed by atoms with Crippen LogP contribution in [0.15, 0.2) is 0 Å². The molecule has 0 spiro atoms. The predicted molar refractivity (Wildman–Crippen MR) is 56.8 cm³/mol. The lowest BCUT2D eigenvalue weighted by atomic mass is 10.1. The summed E-state index contributed by atoms with van der Waals surface area (Å²) in [5, 5.41) is 3.77. The fraction of sp³-hybridized carbons (Fsp3) is 1.00. The van der Waals surface area contributed by atoms with E-state index in [4.69, 9.17) is 0 Å². The Morgan fingerprint density at radius 1 is 1.15 bits per heavy atom. The van der Waals surface area contributed by atoms with Crippen molar-refractivity contribution in [3.05, 3.63) is 0 Å². The van der Waals surface area contributed by atoms with Gasteiger partial charge in [0.2, 0.25) is 0 Å². The standard InChI is InChI=1S/C12H23N/c1-2-12(11-7-8-11)13-9-10-5-3-4-6-10/h10-13H,2-9H2,1H3. The van der Waals surface area contributed by atoms with Gasteiger partial charge in [-0.2, -0.15) is 0 Å². The smallest absolute Gasteiger partial charge is 0.00928 e. The molecule has 1 N–H and O–H groups in total. The van der Waals surface area contributed by atoms with E-state index in [2.05, 4.69) is 12.2 Å². The molecule has 2 aliphatic rings. The molecule has 1 unspecified atom stereocenters. The van der Waals surface area contributed by atoms with Crippen LogP contribution in [0, 0.1) is 11.8 Å². The first-order chi connectivity index (χ1) is 6.40. The van der Waals surface area contributed by atoms with Gasteiger partial charge in [0.15, 0.2) is 0 Å². The third-order valence-electron chi connectivity index (χ3n) is 3.77. The van der Waals surface area contributed by atoms with Gasteiger partial charge in [0.05, 0.1) is 0 Å². The summed E-state index contributed by atoms with van der Waals surface area (Å²) in [5.41, 5.74) is 0. The Morgan fingerprint density at radius 3 is 2.38 bits per heavy atom. The van der Waals surface area contributed by atoms with E-state index in [1.54, 1.807) is 0 Å². The van der Waals surface area contributed by atoms with Gasteiger partial charge in [-0.05, 0) is 50.5 Å². The molecule has 0 radical (unpaired) electrons. The molecular weight excluding hydrogens is 158 g/mol. The van der Waals surface area contributed by atoms with Crippen molar-refractivity contribution in [3.63, 3.8) is 0 Å². The van der Waals surface area contributed by atoms with Crippen molar-refractivity contribution in [2.24, 2.45) is 11.8 Å². The third kappa shape index (κ3) is 2.70. The minimum Gasteiger partial charge on any atom is -0.313 e. The molecule has 0 aromatic rings. The average molecular weight is 181 g/mol. The highest BCUT2D eigenvalue weighted by molar-refractivity contribution is 4.86. The molecule has 0 aromatic carbocycles. The Kier molecular flexibility index (Phi) is 3.26. The van der Waals surface area contributed by atoms with Gasteiger partial charge in [0.1, 0.15) is 0 Å². The van der Waals surface area contributed by atoms with Gasteiger partial charge in [-0.25, -0.2) is 0 Å². The van der Waals surface area contributed by atoms with Gasteiger partial charge in [0.25, 0.3) is 0 Å². The Bertz CT molecular complexity index is 145. The molecule has 2 saturated carbocycles. The third-order valence-corrected chi connectivity index (χ3v) is 3.77. The quantitative estimate of drug-likeness (QED) is 0.687. The van der Waals surface area contributed by atoms with Gasteiger partial charge in [-0.1, -0.05) is 19.8 Å². The van der Waals surface area contributed by atoms with Crippen molar-refractivity contribution in [1.29, 1.82) is 0 Å². The highest BCUT2D eigenvalue weighted by atomic mass is 14.9. The van der Waals surface area contributed by atoms with Crippen LogP contribution in [0.2, 0.25) is 0 Å². The molecule has 2 aliphatic carbocycles. The van der Waals surface area contributed by atoms with E-state index in [1.807, 2.05) is 0 Å². The summed E-state index contributed by atoms with van der Waals surface area (Å²) in [4.78, 5) is 0. The summed E-state index contributed by atoms with van der Waals surface area (Å²) in [6.45, 7) is 3.62.